The van der Waals surface area contributed by atoms with Gasteiger partial charge in [0.15, 0.2) is 0 Å². The van der Waals surface area contributed by atoms with Crippen molar-refractivity contribution in [1.29, 1.82) is 0 Å². The van der Waals surface area contributed by atoms with E-state index in [2.05, 4.69) is 24.1 Å². The first-order chi connectivity index (χ1) is 17.3. The minimum Gasteiger partial charge on any atom is -0.461 e. The minimum atomic E-state index is -0.403. The summed E-state index contributed by atoms with van der Waals surface area (Å²) in [4.78, 5) is 41.5. The lowest BCUT2D eigenvalue weighted by Crippen LogP contribution is -2.31. The molecule has 1 fully saturated rings. The Balaban J connectivity index is 1.48. The number of nitrogens with zero attached hydrogens (tertiary/aromatic N) is 2. The number of hydrogen-bond acceptors (Lipinski definition) is 7. The van der Waals surface area contributed by atoms with Gasteiger partial charge in [0.25, 0.3) is 5.91 Å². The summed E-state index contributed by atoms with van der Waals surface area (Å²) in [6.45, 7) is 7.10. The topological polar surface area (TPSA) is 79.0 Å². The third kappa shape index (κ3) is 7.64. The number of hydrogen-bond donors (Lipinski definition) is 1. The van der Waals surface area contributed by atoms with E-state index in [0.29, 0.717) is 38.7 Å². The summed E-state index contributed by atoms with van der Waals surface area (Å²) in [6.07, 6.45) is 1.78. The van der Waals surface area contributed by atoms with Gasteiger partial charge in [0.1, 0.15) is 10.9 Å². The van der Waals surface area contributed by atoms with Crippen molar-refractivity contribution < 1.29 is 19.1 Å². The van der Waals surface area contributed by atoms with Crippen LogP contribution in [-0.2, 0) is 14.3 Å². The van der Waals surface area contributed by atoms with Crippen molar-refractivity contribution in [2.45, 2.75) is 20.3 Å². The largest absolute Gasteiger partial charge is 0.461 e. The van der Waals surface area contributed by atoms with Gasteiger partial charge in [0, 0.05) is 30.2 Å². The summed E-state index contributed by atoms with van der Waals surface area (Å²) in [7, 11) is 0. The number of thiocarbonyl (C=S) groups is 1. The Kier molecular flexibility index (Phi) is 10.5. The summed E-state index contributed by atoms with van der Waals surface area (Å²) in [5.41, 5.74) is 1.69. The van der Waals surface area contributed by atoms with E-state index in [1.165, 1.54) is 16.7 Å². The molecule has 3 rings (SSSR count). The molecule has 1 saturated heterocycles. The molecular weight excluding hydrogens is 518 g/mol. The number of rotatable bonds is 11. The lowest BCUT2D eigenvalue weighted by molar-refractivity contribution is -0.122. The third-order valence-electron chi connectivity index (χ3n) is 5.57. The molecule has 0 atom stereocenters. The predicted octanol–water partition coefficient (Wildman–Crippen LogP) is 5.07. The van der Waals surface area contributed by atoms with Gasteiger partial charge in [-0.25, -0.2) is 4.79 Å². The monoisotopic (exact) mass is 545 g/mol. The number of benzene rings is 2. The molecule has 0 bridgehead atoms. The van der Waals surface area contributed by atoms with E-state index < -0.39 is 5.97 Å². The molecule has 190 valence electrons. The van der Waals surface area contributed by atoms with Gasteiger partial charge in [-0.15, -0.1) is 0 Å². The number of carbonyl (C=O) groups excluding carboxylic acids is 3. The number of esters is 1. The second-order valence-corrected chi connectivity index (χ2v) is 9.98. The van der Waals surface area contributed by atoms with Gasteiger partial charge in [-0.2, -0.15) is 0 Å². The fraction of sp³-hybridized carbons (Fsp3) is 0.308. The molecule has 1 heterocycles. The quantitative estimate of drug-likeness (QED) is 0.240. The number of carbonyl (C=O) groups is 3. The normalized spacial score (nSPS) is 14.6. The highest BCUT2D eigenvalue weighted by Crippen LogP contribution is 2.33. The molecule has 1 N–H and O–H groups in total. The van der Waals surface area contributed by atoms with Gasteiger partial charge in [0.05, 0.1) is 10.5 Å². The Labute approximate surface area is 225 Å². The minimum absolute atomic E-state index is 0.0704. The molecule has 2 aromatic rings. The summed E-state index contributed by atoms with van der Waals surface area (Å²) < 4.78 is 5.72. The van der Waals surface area contributed by atoms with Crippen molar-refractivity contribution in [2.24, 2.45) is 0 Å². The van der Waals surface area contributed by atoms with Crippen LogP contribution < -0.4 is 5.32 Å². The number of likely N-dealkylation sites (N-methyl/N-ethyl adjacent to an activating group) is 1. The van der Waals surface area contributed by atoms with Crippen LogP contribution in [0.2, 0.25) is 5.02 Å². The van der Waals surface area contributed by atoms with E-state index >= 15 is 0 Å². The van der Waals surface area contributed by atoms with Crippen LogP contribution in [0.1, 0.15) is 36.2 Å². The Morgan fingerprint density at radius 2 is 1.83 bits per heavy atom. The molecule has 36 heavy (non-hydrogen) atoms. The van der Waals surface area contributed by atoms with Crippen molar-refractivity contribution in [2.75, 3.05) is 38.1 Å². The molecule has 0 radical (unpaired) electrons. The van der Waals surface area contributed by atoms with Crippen LogP contribution in [0.4, 0.5) is 5.69 Å². The first kappa shape index (κ1) is 27.9. The van der Waals surface area contributed by atoms with Crippen molar-refractivity contribution in [3.8, 4) is 0 Å². The van der Waals surface area contributed by atoms with Crippen LogP contribution in [-0.4, -0.2) is 64.7 Å². The maximum atomic E-state index is 12.8. The van der Waals surface area contributed by atoms with Gasteiger partial charge in [-0.1, -0.05) is 67.6 Å². The molecule has 0 aliphatic carbocycles. The van der Waals surface area contributed by atoms with E-state index in [1.54, 1.807) is 36.4 Å². The molecule has 2 amide bonds. The zero-order chi connectivity index (χ0) is 26.1. The van der Waals surface area contributed by atoms with Crippen molar-refractivity contribution in [3.05, 3.63) is 69.6 Å². The van der Waals surface area contributed by atoms with Crippen molar-refractivity contribution in [1.82, 2.24) is 9.80 Å². The highest BCUT2D eigenvalue weighted by atomic mass is 35.5. The lowest BCUT2D eigenvalue weighted by Gasteiger charge is -2.17. The van der Waals surface area contributed by atoms with Crippen molar-refractivity contribution >= 4 is 69.4 Å². The fourth-order valence-corrected chi connectivity index (χ4v) is 4.93. The first-order valence-corrected chi connectivity index (χ1v) is 13.2. The maximum Gasteiger partial charge on any atom is 0.338 e. The smallest absolute Gasteiger partial charge is 0.338 e. The Morgan fingerprint density at radius 1 is 1.14 bits per heavy atom. The molecule has 10 heteroatoms. The SMILES string of the molecule is CCN(CC)CCOC(=O)c1ccc(NC(=O)CCN2C(=O)C(=Cc3ccccc3Cl)SC2=S)cc1. The number of ether oxygens (including phenoxy) is 1. The molecule has 0 unspecified atom stereocenters. The Morgan fingerprint density at radius 3 is 2.50 bits per heavy atom. The number of anilines is 1. The highest BCUT2D eigenvalue weighted by Gasteiger charge is 2.32. The lowest BCUT2D eigenvalue weighted by atomic mass is 10.2. The van der Waals surface area contributed by atoms with E-state index in [1.807, 2.05) is 18.2 Å². The first-order valence-electron chi connectivity index (χ1n) is 11.6. The summed E-state index contributed by atoms with van der Waals surface area (Å²) in [5.74, 6) is -0.922. The zero-order valence-electron chi connectivity index (χ0n) is 20.2. The molecule has 2 aromatic carbocycles. The van der Waals surface area contributed by atoms with Gasteiger partial charge >= 0.3 is 5.97 Å². The second kappa shape index (κ2) is 13.5. The predicted molar refractivity (Wildman–Crippen MR) is 149 cm³/mol. The number of nitrogens with one attached hydrogen (secondary N) is 1. The van der Waals surface area contributed by atoms with Gasteiger partial charge in [0.2, 0.25) is 5.91 Å². The summed E-state index contributed by atoms with van der Waals surface area (Å²) >= 11 is 12.7. The summed E-state index contributed by atoms with van der Waals surface area (Å²) in [5, 5.41) is 3.32. The van der Waals surface area contributed by atoms with Crippen LogP contribution in [0.25, 0.3) is 6.08 Å². The van der Waals surface area contributed by atoms with Gasteiger partial charge in [-0.05, 0) is 55.1 Å². The fourth-order valence-electron chi connectivity index (χ4n) is 3.44. The van der Waals surface area contributed by atoms with Gasteiger partial charge < -0.3 is 15.0 Å². The van der Waals surface area contributed by atoms with Crippen LogP contribution >= 0.6 is 35.6 Å². The molecule has 1 aliphatic rings. The third-order valence-corrected chi connectivity index (χ3v) is 7.29. The maximum absolute atomic E-state index is 12.8. The molecule has 0 saturated carbocycles. The Hall–Kier alpha value is -2.72. The number of halogens is 1. The van der Waals surface area contributed by atoms with E-state index in [9.17, 15) is 14.4 Å². The van der Waals surface area contributed by atoms with Crippen LogP contribution in [0.3, 0.4) is 0 Å². The number of thioether (sulfide) groups is 1. The van der Waals surface area contributed by atoms with E-state index in [0.717, 1.165) is 18.7 Å². The van der Waals surface area contributed by atoms with Crippen molar-refractivity contribution in [3.63, 3.8) is 0 Å². The van der Waals surface area contributed by atoms with Gasteiger partial charge in [-0.3, -0.25) is 14.5 Å². The molecular formula is C26H28ClN3O4S2. The standard InChI is InChI=1S/C26H28ClN3O4S2/c1-3-29(4-2)15-16-34-25(33)18-9-11-20(12-10-18)28-23(31)13-14-30-24(32)22(36-26(30)35)17-19-7-5-6-8-21(19)27/h5-12,17H,3-4,13-16H2,1-2H3,(H,28,31). The molecule has 0 spiro atoms. The molecule has 0 aromatic heterocycles. The Bertz CT molecular complexity index is 1150. The average Bonchev–Trinajstić information content (AvgIpc) is 3.14. The second-order valence-electron chi connectivity index (χ2n) is 7.89. The van der Waals surface area contributed by atoms with Crippen LogP contribution in [0.5, 0.6) is 0 Å². The van der Waals surface area contributed by atoms with E-state index in [4.69, 9.17) is 28.6 Å². The number of amides is 2. The van der Waals surface area contributed by atoms with E-state index in [-0.39, 0.29) is 24.8 Å². The van der Waals surface area contributed by atoms with Crippen LogP contribution in [0.15, 0.2) is 53.4 Å². The van der Waals surface area contributed by atoms with Crippen LogP contribution in [0, 0.1) is 0 Å². The average molecular weight is 546 g/mol. The highest BCUT2D eigenvalue weighted by molar-refractivity contribution is 8.26. The summed E-state index contributed by atoms with van der Waals surface area (Å²) in [6, 6.07) is 13.7. The molecule has 7 nitrogen and oxygen atoms in total. The molecule has 1 aliphatic heterocycles. The zero-order valence-corrected chi connectivity index (χ0v) is 22.5.